The lowest BCUT2D eigenvalue weighted by Gasteiger charge is -2.18. The number of alkyl halides is 1. The zero-order chi connectivity index (χ0) is 11.4. The van der Waals surface area contributed by atoms with Crippen LogP contribution >= 0.6 is 11.6 Å². The fourth-order valence-electron chi connectivity index (χ4n) is 1.57. The number of rotatable bonds is 3. The molecule has 0 atom stereocenters. The van der Waals surface area contributed by atoms with Crippen LogP contribution in [0.15, 0.2) is 18.2 Å². The van der Waals surface area contributed by atoms with Gasteiger partial charge in [0.1, 0.15) is 0 Å². The molecule has 0 aliphatic heterocycles. The van der Waals surface area contributed by atoms with E-state index >= 15 is 0 Å². The molecule has 0 unspecified atom stereocenters. The van der Waals surface area contributed by atoms with Crippen LogP contribution in [0, 0.1) is 13.8 Å². The van der Waals surface area contributed by atoms with Gasteiger partial charge in [-0.15, -0.1) is 11.6 Å². The molecule has 3 heteroatoms. The van der Waals surface area contributed by atoms with Crippen LogP contribution in [0.25, 0.3) is 0 Å². The normalized spacial score (nSPS) is 10.1. The molecule has 2 nitrogen and oxygen atoms in total. The number of hydrogen-bond donors (Lipinski definition) is 0. The van der Waals surface area contributed by atoms with E-state index in [-0.39, 0.29) is 5.91 Å². The van der Waals surface area contributed by atoms with Crippen molar-refractivity contribution in [2.24, 2.45) is 0 Å². The van der Waals surface area contributed by atoms with Gasteiger partial charge in [-0.3, -0.25) is 4.79 Å². The van der Waals surface area contributed by atoms with Gasteiger partial charge in [-0.05, 0) is 25.0 Å². The first-order valence-corrected chi connectivity index (χ1v) is 5.49. The van der Waals surface area contributed by atoms with Crippen LogP contribution in [0.4, 0.5) is 0 Å². The Morgan fingerprint density at radius 2 is 1.87 bits per heavy atom. The highest BCUT2D eigenvalue weighted by Crippen LogP contribution is 2.15. The average molecular weight is 226 g/mol. The molecule has 0 bridgehead atoms. The molecule has 0 spiro atoms. The standard InChI is InChI=1S/C12H16ClNO/c1-9-5-4-6-10(2)11(9)12(15)14(3)8-7-13/h4-6H,7-8H2,1-3H3. The van der Waals surface area contributed by atoms with Crippen molar-refractivity contribution in [3.05, 3.63) is 34.9 Å². The van der Waals surface area contributed by atoms with Gasteiger partial charge in [0, 0.05) is 25.0 Å². The summed E-state index contributed by atoms with van der Waals surface area (Å²) in [5.74, 6) is 0.513. The molecule has 0 fully saturated rings. The summed E-state index contributed by atoms with van der Waals surface area (Å²) < 4.78 is 0. The van der Waals surface area contributed by atoms with Crippen molar-refractivity contribution in [2.45, 2.75) is 13.8 Å². The summed E-state index contributed by atoms with van der Waals surface area (Å²) in [4.78, 5) is 13.7. The molecule has 15 heavy (non-hydrogen) atoms. The van der Waals surface area contributed by atoms with Gasteiger partial charge in [-0.2, -0.15) is 0 Å². The van der Waals surface area contributed by atoms with Crippen molar-refractivity contribution in [3.63, 3.8) is 0 Å². The Morgan fingerprint density at radius 3 is 2.33 bits per heavy atom. The Kier molecular flexibility index (Phi) is 4.15. The summed E-state index contributed by atoms with van der Waals surface area (Å²) in [5.41, 5.74) is 2.83. The highest BCUT2D eigenvalue weighted by Gasteiger charge is 2.15. The maximum absolute atomic E-state index is 12.0. The van der Waals surface area contributed by atoms with Crippen LogP contribution in [0.1, 0.15) is 21.5 Å². The van der Waals surface area contributed by atoms with Gasteiger partial charge in [0.15, 0.2) is 0 Å². The molecule has 0 heterocycles. The summed E-state index contributed by atoms with van der Waals surface area (Å²) in [7, 11) is 1.77. The van der Waals surface area contributed by atoms with E-state index in [2.05, 4.69) is 0 Å². The first kappa shape index (κ1) is 12.1. The predicted octanol–water partition coefficient (Wildman–Crippen LogP) is 2.61. The van der Waals surface area contributed by atoms with E-state index in [0.717, 1.165) is 16.7 Å². The molecule has 1 aromatic rings. The van der Waals surface area contributed by atoms with Crippen LogP contribution in [0.3, 0.4) is 0 Å². The van der Waals surface area contributed by atoms with E-state index in [1.165, 1.54) is 0 Å². The second-order valence-corrected chi connectivity index (χ2v) is 4.06. The molecule has 0 aromatic heterocycles. The van der Waals surface area contributed by atoms with Gasteiger partial charge in [0.25, 0.3) is 5.91 Å². The zero-order valence-electron chi connectivity index (χ0n) is 9.38. The molecule has 0 saturated heterocycles. The molecule has 1 rings (SSSR count). The van der Waals surface area contributed by atoms with Crippen LogP contribution in [0.5, 0.6) is 0 Å². The maximum Gasteiger partial charge on any atom is 0.254 e. The minimum atomic E-state index is 0.0475. The van der Waals surface area contributed by atoms with Crippen molar-refractivity contribution in [2.75, 3.05) is 19.5 Å². The lowest BCUT2D eigenvalue weighted by atomic mass is 10.0. The summed E-state index contributed by atoms with van der Waals surface area (Å²) in [6, 6.07) is 5.87. The third-order valence-electron chi connectivity index (χ3n) is 2.46. The first-order valence-electron chi connectivity index (χ1n) is 4.95. The average Bonchev–Trinajstić information content (AvgIpc) is 2.17. The molecule has 82 valence electrons. The number of benzene rings is 1. The monoisotopic (exact) mass is 225 g/mol. The largest absolute Gasteiger partial charge is 0.340 e. The number of carbonyl (C=O) groups is 1. The van der Waals surface area contributed by atoms with E-state index in [9.17, 15) is 4.79 Å². The molecular formula is C12H16ClNO. The Labute approximate surface area is 95.8 Å². The van der Waals surface area contributed by atoms with Gasteiger partial charge < -0.3 is 4.90 Å². The topological polar surface area (TPSA) is 20.3 Å². The maximum atomic E-state index is 12.0. The van der Waals surface area contributed by atoms with Gasteiger partial charge in [-0.1, -0.05) is 18.2 Å². The number of nitrogens with zero attached hydrogens (tertiary/aromatic N) is 1. The van der Waals surface area contributed by atoms with Crippen LogP contribution in [0.2, 0.25) is 0 Å². The van der Waals surface area contributed by atoms with Crippen LogP contribution in [-0.2, 0) is 0 Å². The van der Waals surface area contributed by atoms with Crippen LogP contribution in [-0.4, -0.2) is 30.3 Å². The predicted molar refractivity (Wildman–Crippen MR) is 63.6 cm³/mol. The Balaban J connectivity index is 3.00. The summed E-state index contributed by atoms with van der Waals surface area (Å²) in [6.45, 7) is 4.48. The fourth-order valence-corrected chi connectivity index (χ4v) is 1.82. The second kappa shape index (κ2) is 5.17. The molecule has 0 aliphatic rings. The number of hydrogen-bond acceptors (Lipinski definition) is 1. The Morgan fingerprint density at radius 1 is 1.33 bits per heavy atom. The Hall–Kier alpha value is -1.02. The summed E-state index contributed by atoms with van der Waals surface area (Å²) in [5, 5.41) is 0. The van der Waals surface area contributed by atoms with Gasteiger partial charge >= 0.3 is 0 Å². The quantitative estimate of drug-likeness (QED) is 0.725. The molecule has 1 aromatic carbocycles. The van der Waals surface area contributed by atoms with Crippen molar-refractivity contribution < 1.29 is 4.79 Å². The number of halogens is 1. The van der Waals surface area contributed by atoms with Crippen molar-refractivity contribution in [1.82, 2.24) is 4.90 Å². The van der Waals surface area contributed by atoms with Crippen molar-refractivity contribution in [3.8, 4) is 0 Å². The third-order valence-corrected chi connectivity index (χ3v) is 2.63. The number of carbonyl (C=O) groups excluding carboxylic acids is 1. The van der Waals surface area contributed by atoms with Gasteiger partial charge in [0.2, 0.25) is 0 Å². The molecule has 0 N–H and O–H groups in total. The Bertz CT molecular complexity index is 342. The molecule has 0 radical (unpaired) electrons. The SMILES string of the molecule is Cc1cccc(C)c1C(=O)N(C)CCCl. The van der Waals surface area contributed by atoms with Crippen LogP contribution < -0.4 is 0 Å². The summed E-state index contributed by atoms with van der Waals surface area (Å²) >= 11 is 5.61. The van der Waals surface area contributed by atoms with E-state index in [4.69, 9.17) is 11.6 Å². The van der Waals surface area contributed by atoms with Gasteiger partial charge in [0.05, 0.1) is 0 Å². The highest BCUT2D eigenvalue weighted by atomic mass is 35.5. The van der Waals surface area contributed by atoms with E-state index in [1.54, 1.807) is 11.9 Å². The molecule has 0 saturated carbocycles. The van der Waals surface area contributed by atoms with E-state index < -0.39 is 0 Å². The molecule has 1 amide bonds. The minimum Gasteiger partial charge on any atom is -0.340 e. The smallest absolute Gasteiger partial charge is 0.254 e. The number of aryl methyl sites for hydroxylation is 2. The van der Waals surface area contributed by atoms with E-state index in [0.29, 0.717) is 12.4 Å². The van der Waals surface area contributed by atoms with Gasteiger partial charge in [-0.25, -0.2) is 0 Å². The van der Waals surface area contributed by atoms with E-state index in [1.807, 2.05) is 32.0 Å². The highest BCUT2D eigenvalue weighted by molar-refractivity contribution is 6.18. The second-order valence-electron chi connectivity index (χ2n) is 3.68. The zero-order valence-corrected chi connectivity index (χ0v) is 10.1. The first-order chi connectivity index (χ1) is 7.07. The van der Waals surface area contributed by atoms with Crippen molar-refractivity contribution in [1.29, 1.82) is 0 Å². The fraction of sp³-hybridized carbons (Fsp3) is 0.417. The lowest BCUT2D eigenvalue weighted by molar-refractivity contribution is 0.0802. The minimum absolute atomic E-state index is 0.0475. The lowest BCUT2D eigenvalue weighted by Crippen LogP contribution is -2.29. The third kappa shape index (κ3) is 2.72. The summed E-state index contributed by atoms with van der Waals surface area (Å²) in [6.07, 6.45) is 0. The number of amides is 1. The molecular weight excluding hydrogens is 210 g/mol. The van der Waals surface area contributed by atoms with Crippen molar-refractivity contribution >= 4 is 17.5 Å². The molecule has 0 aliphatic carbocycles.